The van der Waals surface area contributed by atoms with Gasteiger partial charge in [0.25, 0.3) is 5.91 Å². The molecule has 0 saturated heterocycles. The summed E-state index contributed by atoms with van der Waals surface area (Å²) in [6, 6.07) is 11.3. The number of rotatable bonds is 6. The van der Waals surface area contributed by atoms with Crippen molar-refractivity contribution in [3.05, 3.63) is 64.4 Å². The molecule has 1 aromatic heterocycles. The van der Waals surface area contributed by atoms with Gasteiger partial charge in [-0.2, -0.15) is 0 Å². The summed E-state index contributed by atoms with van der Waals surface area (Å²) in [5.41, 5.74) is 0.822. The maximum Gasteiger partial charge on any atom is 0.253 e. The van der Waals surface area contributed by atoms with Crippen LogP contribution in [0.5, 0.6) is 0 Å². The molecule has 2 N–H and O–H groups in total. The summed E-state index contributed by atoms with van der Waals surface area (Å²) in [7, 11) is 1.86. The van der Waals surface area contributed by atoms with Gasteiger partial charge in [0, 0.05) is 17.6 Å². The van der Waals surface area contributed by atoms with Crippen LogP contribution in [-0.2, 0) is 11.8 Å². The molecule has 1 heterocycles. The average molecular weight is 450 g/mol. The molecule has 150 valence electrons. The van der Waals surface area contributed by atoms with Crippen LogP contribution in [-0.4, -0.2) is 32.6 Å². The number of halogens is 2. The first-order valence-electron chi connectivity index (χ1n) is 8.53. The Labute approximate surface area is 181 Å². The van der Waals surface area contributed by atoms with Gasteiger partial charge in [-0.3, -0.25) is 9.59 Å². The zero-order chi connectivity index (χ0) is 21.0. The molecule has 0 aliphatic carbocycles. The van der Waals surface area contributed by atoms with Crippen LogP contribution < -0.4 is 10.6 Å². The maximum atomic E-state index is 12.4. The molecule has 2 amide bonds. The van der Waals surface area contributed by atoms with Crippen LogP contribution in [0.2, 0.25) is 10.0 Å². The minimum absolute atomic E-state index is 0.148. The minimum atomic E-state index is -0.773. The number of carbonyl (C=O) groups is 2. The third-order valence-electron chi connectivity index (χ3n) is 3.94. The van der Waals surface area contributed by atoms with Crippen LogP contribution in [0.4, 0.5) is 5.69 Å². The predicted octanol–water partition coefficient (Wildman–Crippen LogP) is 4.03. The van der Waals surface area contributed by atoms with E-state index in [1.54, 1.807) is 43.6 Å². The second-order valence-electron chi connectivity index (χ2n) is 6.14. The molecule has 3 rings (SSSR count). The fourth-order valence-electron chi connectivity index (χ4n) is 2.35. The van der Waals surface area contributed by atoms with Crippen LogP contribution >= 0.6 is 35.0 Å². The molecule has 0 aliphatic rings. The molecule has 0 radical (unpaired) electrons. The topological polar surface area (TPSA) is 88.9 Å². The molecule has 3 aromatic rings. The number of nitrogens with one attached hydrogen (secondary N) is 2. The van der Waals surface area contributed by atoms with Gasteiger partial charge in [-0.1, -0.05) is 29.3 Å². The zero-order valence-electron chi connectivity index (χ0n) is 15.5. The Morgan fingerprint density at radius 3 is 2.52 bits per heavy atom. The number of nitrogens with zero attached hydrogens (tertiary/aromatic N) is 3. The van der Waals surface area contributed by atoms with E-state index in [1.807, 2.05) is 23.7 Å². The van der Waals surface area contributed by atoms with Gasteiger partial charge in [0.05, 0.1) is 15.6 Å². The molecule has 7 nitrogen and oxygen atoms in total. The monoisotopic (exact) mass is 449 g/mol. The van der Waals surface area contributed by atoms with E-state index in [4.69, 9.17) is 23.2 Å². The van der Waals surface area contributed by atoms with Gasteiger partial charge in [-0.15, -0.1) is 10.2 Å². The Morgan fingerprint density at radius 1 is 1.14 bits per heavy atom. The summed E-state index contributed by atoms with van der Waals surface area (Å²) in [5, 5.41) is 14.4. The third kappa shape index (κ3) is 5.29. The minimum Gasteiger partial charge on any atom is -0.340 e. The number of benzene rings is 2. The van der Waals surface area contributed by atoms with Crippen LogP contribution in [0.1, 0.15) is 17.3 Å². The van der Waals surface area contributed by atoms with Gasteiger partial charge in [0.15, 0.2) is 5.16 Å². The van der Waals surface area contributed by atoms with Gasteiger partial charge in [0.2, 0.25) is 5.91 Å². The number of anilines is 1. The molecular weight excluding hydrogens is 433 g/mol. The second kappa shape index (κ2) is 9.30. The third-order valence-corrected chi connectivity index (χ3v) is 5.82. The molecule has 0 bridgehead atoms. The lowest BCUT2D eigenvalue weighted by Crippen LogP contribution is -2.41. The summed E-state index contributed by atoms with van der Waals surface area (Å²) >= 11 is 13.4. The lowest BCUT2D eigenvalue weighted by Gasteiger charge is -2.15. The fraction of sp³-hybridized carbons (Fsp3) is 0.158. The number of hydrogen-bond donors (Lipinski definition) is 2. The first kappa shape index (κ1) is 21.2. The van der Waals surface area contributed by atoms with E-state index in [2.05, 4.69) is 20.8 Å². The summed E-state index contributed by atoms with van der Waals surface area (Å²) in [6.45, 7) is 1.59. The van der Waals surface area contributed by atoms with E-state index in [1.165, 1.54) is 11.8 Å². The molecule has 0 fully saturated rings. The molecular formula is C19H17Cl2N5O2S. The van der Waals surface area contributed by atoms with Crippen molar-refractivity contribution in [1.82, 2.24) is 20.1 Å². The molecule has 10 heteroatoms. The van der Waals surface area contributed by atoms with Crippen molar-refractivity contribution < 1.29 is 9.59 Å². The van der Waals surface area contributed by atoms with E-state index < -0.39 is 11.9 Å². The molecule has 0 aliphatic heterocycles. The highest BCUT2D eigenvalue weighted by Gasteiger charge is 2.19. The van der Waals surface area contributed by atoms with Gasteiger partial charge >= 0.3 is 0 Å². The number of hydrogen-bond acceptors (Lipinski definition) is 5. The standard InChI is InChI=1S/C19H17Cl2N5O2S/c1-11(23-18(28)14-4-3-5-15(20)16(14)21)17(27)24-12-6-8-13(9-7-12)29-19-25-22-10-26(19)2/h3-11H,1-2H3,(H,23,28)(H,24,27). The van der Waals surface area contributed by atoms with Crippen molar-refractivity contribution in [2.24, 2.45) is 7.05 Å². The Hall–Kier alpha value is -2.55. The van der Waals surface area contributed by atoms with E-state index in [0.717, 1.165) is 10.1 Å². The van der Waals surface area contributed by atoms with Crippen molar-refractivity contribution in [2.45, 2.75) is 23.0 Å². The first-order chi connectivity index (χ1) is 13.8. The summed E-state index contributed by atoms with van der Waals surface area (Å²) in [4.78, 5) is 25.7. The fourth-order valence-corrected chi connectivity index (χ4v) is 3.49. The number of aromatic nitrogens is 3. The Morgan fingerprint density at radius 2 is 1.86 bits per heavy atom. The van der Waals surface area contributed by atoms with Crippen molar-refractivity contribution in [3.63, 3.8) is 0 Å². The van der Waals surface area contributed by atoms with Crippen LogP contribution in [0, 0.1) is 0 Å². The zero-order valence-corrected chi connectivity index (χ0v) is 17.8. The van der Waals surface area contributed by atoms with Gasteiger partial charge in [0.1, 0.15) is 12.4 Å². The van der Waals surface area contributed by atoms with Crippen molar-refractivity contribution in [1.29, 1.82) is 0 Å². The smallest absolute Gasteiger partial charge is 0.253 e. The molecule has 29 heavy (non-hydrogen) atoms. The lowest BCUT2D eigenvalue weighted by atomic mass is 10.2. The molecule has 0 saturated carbocycles. The van der Waals surface area contributed by atoms with Crippen LogP contribution in [0.25, 0.3) is 0 Å². The quantitative estimate of drug-likeness (QED) is 0.592. The predicted molar refractivity (Wildman–Crippen MR) is 114 cm³/mol. The SMILES string of the molecule is CC(NC(=O)c1cccc(Cl)c1Cl)C(=O)Nc1ccc(Sc2nncn2C)cc1. The van der Waals surface area contributed by atoms with E-state index in [9.17, 15) is 9.59 Å². The van der Waals surface area contributed by atoms with Crippen LogP contribution in [0.3, 0.4) is 0 Å². The molecule has 0 spiro atoms. The highest BCUT2D eigenvalue weighted by Crippen LogP contribution is 2.27. The van der Waals surface area contributed by atoms with Crippen molar-refractivity contribution >= 4 is 52.5 Å². The average Bonchev–Trinajstić information content (AvgIpc) is 3.09. The van der Waals surface area contributed by atoms with E-state index >= 15 is 0 Å². The summed E-state index contributed by atoms with van der Waals surface area (Å²) < 4.78 is 1.82. The van der Waals surface area contributed by atoms with Gasteiger partial charge in [-0.05, 0) is 55.1 Å². The van der Waals surface area contributed by atoms with Crippen LogP contribution in [0.15, 0.2) is 58.8 Å². The number of amides is 2. The highest BCUT2D eigenvalue weighted by atomic mass is 35.5. The highest BCUT2D eigenvalue weighted by molar-refractivity contribution is 7.99. The van der Waals surface area contributed by atoms with Crippen molar-refractivity contribution in [2.75, 3.05) is 5.32 Å². The summed E-state index contributed by atoms with van der Waals surface area (Å²) in [6.07, 6.45) is 1.63. The lowest BCUT2D eigenvalue weighted by molar-refractivity contribution is -0.117. The maximum absolute atomic E-state index is 12.4. The van der Waals surface area contributed by atoms with E-state index in [0.29, 0.717) is 5.69 Å². The normalized spacial score (nSPS) is 11.7. The van der Waals surface area contributed by atoms with Crippen molar-refractivity contribution in [3.8, 4) is 0 Å². The first-order valence-corrected chi connectivity index (χ1v) is 10.1. The van der Waals surface area contributed by atoms with Gasteiger partial charge in [-0.25, -0.2) is 0 Å². The molecule has 2 aromatic carbocycles. The Kier molecular flexibility index (Phi) is 6.79. The Bertz CT molecular complexity index is 1040. The largest absolute Gasteiger partial charge is 0.340 e. The second-order valence-corrected chi connectivity index (χ2v) is 7.96. The van der Waals surface area contributed by atoms with Gasteiger partial charge < -0.3 is 15.2 Å². The van der Waals surface area contributed by atoms with E-state index in [-0.39, 0.29) is 21.5 Å². The molecule has 1 atom stereocenters. The molecule has 1 unspecified atom stereocenters. The Balaban J connectivity index is 1.58. The number of aryl methyl sites for hydroxylation is 1. The summed E-state index contributed by atoms with van der Waals surface area (Å²) in [5.74, 6) is -0.833. The number of carbonyl (C=O) groups excluding carboxylic acids is 2.